The van der Waals surface area contributed by atoms with E-state index in [-0.39, 0.29) is 5.60 Å². The van der Waals surface area contributed by atoms with Crippen LogP contribution in [0.5, 0.6) is 0 Å². The molecular formula is C20H34N2O. The van der Waals surface area contributed by atoms with Crippen molar-refractivity contribution in [3.8, 4) is 0 Å². The highest BCUT2D eigenvalue weighted by Gasteiger charge is 2.35. The average molecular weight is 319 g/mol. The number of aromatic amines is 1. The molecule has 0 aliphatic carbocycles. The summed E-state index contributed by atoms with van der Waals surface area (Å²) in [6, 6.07) is 8.41. The summed E-state index contributed by atoms with van der Waals surface area (Å²) in [6.07, 6.45) is 5.65. The first-order valence-electron chi connectivity index (χ1n) is 8.89. The summed E-state index contributed by atoms with van der Waals surface area (Å²) in [4.78, 5) is 7.17. The first-order chi connectivity index (χ1) is 11.2. The van der Waals surface area contributed by atoms with Gasteiger partial charge in [-0.1, -0.05) is 72.2 Å². The maximum Gasteiger partial charge on any atom is 0.0966 e. The van der Waals surface area contributed by atoms with Crippen molar-refractivity contribution in [2.24, 2.45) is 0 Å². The van der Waals surface area contributed by atoms with Gasteiger partial charge in [-0.3, -0.25) is 0 Å². The molecule has 1 aromatic heterocycles. The Hall–Kier alpha value is -1.61. The number of H-pyrrole nitrogens is 1. The van der Waals surface area contributed by atoms with Crippen molar-refractivity contribution in [3.63, 3.8) is 0 Å². The number of hydrogen-bond donors (Lipinski definition) is 1. The Morgan fingerprint density at radius 1 is 1.13 bits per heavy atom. The molecule has 130 valence electrons. The first-order valence-corrected chi connectivity index (χ1v) is 8.89. The standard InChI is InChI=1S/C13H14N2O.C3H8.2C2H6/c1-13(6-11-7-14-9-15-11)12-5-3-2-4-10(12)8-16-13;1-3-2;2*1-2/h2-5,7,9H,6,8H2,1H3,(H,14,15);3H2,1-2H3;2*1-2H3. The number of benzene rings is 1. The Bertz CT molecular complexity index is 508. The van der Waals surface area contributed by atoms with Crippen molar-refractivity contribution < 1.29 is 4.74 Å². The molecule has 1 atom stereocenters. The van der Waals surface area contributed by atoms with Crippen molar-refractivity contribution in [2.75, 3.05) is 0 Å². The molecule has 2 heterocycles. The molecule has 3 heteroatoms. The molecule has 1 aliphatic rings. The minimum atomic E-state index is -0.219. The topological polar surface area (TPSA) is 37.9 Å². The van der Waals surface area contributed by atoms with Crippen LogP contribution in [0.25, 0.3) is 0 Å². The Kier molecular flexibility index (Phi) is 11.1. The quantitative estimate of drug-likeness (QED) is 0.752. The van der Waals surface area contributed by atoms with Gasteiger partial charge in [0.1, 0.15) is 0 Å². The SMILES string of the molecule is CC.CC.CC1(Cc2cnc[nH]2)OCc2ccccc21.CCC. The summed E-state index contributed by atoms with van der Waals surface area (Å²) in [6.45, 7) is 15.1. The Labute approximate surface area is 142 Å². The molecule has 3 rings (SSSR count). The number of hydrogen-bond acceptors (Lipinski definition) is 2. The lowest BCUT2D eigenvalue weighted by Gasteiger charge is -2.23. The lowest BCUT2D eigenvalue weighted by molar-refractivity contribution is -0.0234. The van der Waals surface area contributed by atoms with Gasteiger partial charge in [0.25, 0.3) is 0 Å². The number of nitrogens with zero attached hydrogens (tertiary/aromatic N) is 1. The van der Waals surface area contributed by atoms with Gasteiger partial charge in [0.05, 0.1) is 18.5 Å². The van der Waals surface area contributed by atoms with Crippen LogP contribution < -0.4 is 0 Å². The van der Waals surface area contributed by atoms with Gasteiger partial charge < -0.3 is 9.72 Å². The summed E-state index contributed by atoms with van der Waals surface area (Å²) in [7, 11) is 0. The smallest absolute Gasteiger partial charge is 0.0966 e. The maximum atomic E-state index is 5.94. The molecule has 0 radical (unpaired) electrons. The van der Waals surface area contributed by atoms with Crippen LogP contribution in [0.4, 0.5) is 0 Å². The third kappa shape index (κ3) is 6.19. The van der Waals surface area contributed by atoms with Gasteiger partial charge in [0.15, 0.2) is 0 Å². The number of imidazole rings is 1. The van der Waals surface area contributed by atoms with Crippen molar-refractivity contribution in [3.05, 3.63) is 53.6 Å². The molecule has 23 heavy (non-hydrogen) atoms. The molecule has 0 bridgehead atoms. The molecule has 0 spiro atoms. The summed E-state index contributed by atoms with van der Waals surface area (Å²) in [5, 5.41) is 0. The molecule has 1 aromatic carbocycles. The van der Waals surface area contributed by atoms with Gasteiger partial charge in [0, 0.05) is 18.3 Å². The van der Waals surface area contributed by atoms with Crippen molar-refractivity contribution in [2.45, 2.75) is 73.5 Å². The Morgan fingerprint density at radius 2 is 1.74 bits per heavy atom. The third-order valence-electron chi connectivity index (χ3n) is 3.22. The molecule has 0 fully saturated rings. The fraction of sp³-hybridized carbons (Fsp3) is 0.550. The predicted octanol–water partition coefficient (Wildman–Crippen LogP) is 5.87. The van der Waals surface area contributed by atoms with Gasteiger partial charge in [-0.05, 0) is 18.1 Å². The largest absolute Gasteiger partial charge is 0.365 e. The predicted molar refractivity (Wildman–Crippen MR) is 99.5 cm³/mol. The van der Waals surface area contributed by atoms with E-state index in [9.17, 15) is 0 Å². The van der Waals surface area contributed by atoms with E-state index in [0.29, 0.717) is 6.61 Å². The van der Waals surface area contributed by atoms with Crippen LogP contribution in [-0.2, 0) is 23.4 Å². The average Bonchev–Trinajstić information content (AvgIpc) is 3.21. The van der Waals surface area contributed by atoms with E-state index in [2.05, 4.69) is 55.0 Å². The summed E-state index contributed by atoms with van der Waals surface area (Å²) in [5.41, 5.74) is 3.48. The van der Waals surface area contributed by atoms with Gasteiger partial charge in [-0.2, -0.15) is 0 Å². The van der Waals surface area contributed by atoms with E-state index in [4.69, 9.17) is 4.74 Å². The Morgan fingerprint density at radius 3 is 2.30 bits per heavy atom. The second-order valence-electron chi connectivity index (χ2n) is 5.14. The lowest BCUT2D eigenvalue weighted by Crippen LogP contribution is -2.23. The molecule has 0 saturated carbocycles. The van der Waals surface area contributed by atoms with Gasteiger partial charge in [-0.15, -0.1) is 0 Å². The van der Waals surface area contributed by atoms with Crippen molar-refractivity contribution >= 4 is 0 Å². The number of aromatic nitrogens is 2. The molecule has 3 nitrogen and oxygen atoms in total. The Balaban J connectivity index is 0.000000609. The van der Waals surface area contributed by atoms with Crippen LogP contribution in [0.3, 0.4) is 0 Å². The van der Waals surface area contributed by atoms with Gasteiger partial charge in [-0.25, -0.2) is 4.98 Å². The second kappa shape index (κ2) is 11.9. The zero-order valence-corrected chi connectivity index (χ0v) is 15.9. The molecule has 0 amide bonds. The van der Waals surface area contributed by atoms with Crippen LogP contribution >= 0.6 is 0 Å². The van der Waals surface area contributed by atoms with Crippen LogP contribution in [0.1, 0.15) is 71.7 Å². The van der Waals surface area contributed by atoms with E-state index >= 15 is 0 Å². The van der Waals surface area contributed by atoms with E-state index in [1.165, 1.54) is 17.5 Å². The fourth-order valence-electron chi connectivity index (χ4n) is 2.37. The van der Waals surface area contributed by atoms with Crippen LogP contribution in [0.2, 0.25) is 0 Å². The number of fused-ring (bicyclic) bond motifs is 1. The number of ether oxygens (including phenoxy) is 1. The van der Waals surface area contributed by atoms with Crippen LogP contribution in [0, 0.1) is 0 Å². The van der Waals surface area contributed by atoms with E-state index in [1.54, 1.807) is 6.33 Å². The molecule has 1 aliphatic heterocycles. The first kappa shape index (κ1) is 21.4. The van der Waals surface area contributed by atoms with Crippen molar-refractivity contribution in [1.29, 1.82) is 0 Å². The number of nitrogens with one attached hydrogen (secondary N) is 1. The van der Waals surface area contributed by atoms with Crippen LogP contribution in [0.15, 0.2) is 36.8 Å². The van der Waals surface area contributed by atoms with Gasteiger partial charge in [0.2, 0.25) is 0 Å². The highest BCUT2D eigenvalue weighted by atomic mass is 16.5. The van der Waals surface area contributed by atoms with Crippen molar-refractivity contribution in [1.82, 2.24) is 9.97 Å². The van der Waals surface area contributed by atoms with Gasteiger partial charge >= 0.3 is 0 Å². The molecule has 2 aromatic rings. The summed E-state index contributed by atoms with van der Waals surface area (Å²) < 4.78 is 5.94. The zero-order chi connectivity index (χ0) is 17.7. The maximum absolute atomic E-state index is 5.94. The zero-order valence-electron chi connectivity index (χ0n) is 15.9. The molecule has 1 N–H and O–H groups in total. The molecule has 0 saturated heterocycles. The summed E-state index contributed by atoms with van der Waals surface area (Å²) in [5.74, 6) is 0. The lowest BCUT2D eigenvalue weighted by atomic mass is 9.90. The highest BCUT2D eigenvalue weighted by molar-refractivity contribution is 5.35. The fourth-order valence-corrected chi connectivity index (χ4v) is 2.37. The minimum Gasteiger partial charge on any atom is -0.365 e. The summed E-state index contributed by atoms with van der Waals surface area (Å²) >= 11 is 0. The molecule has 1 unspecified atom stereocenters. The normalized spacial score (nSPS) is 17.5. The van der Waals surface area contributed by atoms with E-state index in [1.807, 2.05) is 33.9 Å². The minimum absolute atomic E-state index is 0.219. The monoisotopic (exact) mass is 318 g/mol. The molecular weight excluding hydrogens is 284 g/mol. The third-order valence-corrected chi connectivity index (χ3v) is 3.22. The van der Waals surface area contributed by atoms with E-state index in [0.717, 1.165) is 12.1 Å². The highest BCUT2D eigenvalue weighted by Crippen LogP contribution is 2.38. The second-order valence-corrected chi connectivity index (χ2v) is 5.14. The number of rotatable bonds is 2. The van der Waals surface area contributed by atoms with Crippen LogP contribution in [-0.4, -0.2) is 9.97 Å². The van der Waals surface area contributed by atoms with E-state index < -0.39 is 0 Å².